The van der Waals surface area contributed by atoms with Gasteiger partial charge in [0.05, 0.1) is 17.4 Å². The Kier molecular flexibility index (Phi) is 5.98. The van der Waals surface area contributed by atoms with Crippen LogP contribution in [0.15, 0.2) is 53.6 Å². The predicted molar refractivity (Wildman–Crippen MR) is 106 cm³/mol. The Labute approximate surface area is 171 Å². The van der Waals surface area contributed by atoms with Crippen LogP contribution in [0, 0.1) is 0 Å². The summed E-state index contributed by atoms with van der Waals surface area (Å²) in [6.07, 6.45) is -4.22. The summed E-state index contributed by atoms with van der Waals surface area (Å²) in [6, 6.07) is 11.6. The van der Waals surface area contributed by atoms with Crippen LogP contribution in [0.1, 0.15) is 17.5 Å². The molecule has 29 heavy (non-hydrogen) atoms. The molecular weight excluding hydrogens is 427 g/mol. The fourth-order valence-corrected chi connectivity index (χ4v) is 4.03. The first-order valence-corrected chi connectivity index (χ1v) is 11.0. The topological polar surface area (TPSA) is 59.3 Å². The lowest BCUT2D eigenvalue weighted by Crippen LogP contribution is -2.23. The number of benzene rings is 2. The Morgan fingerprint density at radius 2 is 1.79 bits per heavy atom. The van der Waals surface area contributed by atoms with Gasteiger partial charge in [-0.25, -0.2) is 8.42 Å². The van der Waals surface area contributed by atoms with Crippen LogP contribution in [-0.2, 0) is 22.8 Å². The van der Waals surface area contributed by atoms with Gasteiger partial charge < -0.3 is 9.67 Å². The Balaban J connectivity index is 2.04. The molecule has 0 aliphatic carbocycles. The molecule has 1 heterocycles. The van der Waals surface area contributed by atoms with Crippen molar-refractivity contribution in [1.29, 1.82) is 0 Å². The van der Waals surface area contributed by atoms with E-state index in [0.29, 0.717) is 22.3 Å². The molecule has 0 aliphatic heterocycles. The summed E-state index contributed by atoms with van der Waals surface area (Å²) in [5.74, 6) is 0. The molecule has 1 atom stereocenters. The zero-order chi connectivity index (χ0) is 21.4. The van der Waals surface area contributed by atoms with Crippen molar-refractivity contribution in [2.24, 2.45) is 0 Å². The van der Waals surface area contributed by atoms with E-state index in [-0.39, 0.29) is 11.4 Å². The molecule has 1 N–H and O–H groups in total. The zero-order valence-electron chi connectivity index (χ0n) is 15.4. The fourth-order valence-electron chi connectivity index (χ4n) is 3.25. The molecule has 3 aromatic rings. The van der Waals surface area contributed by atoms with Gasteiger partial charge in [0.15, 0.2) is 9.84 Å². The molecule has 0 radical (unpaired) electrons. The van der Waals surface area contributed by atoms with Crippen LogP contribution in [0.5, 0.6) is 0 Å². The molecule has 4 nitrogen and oxygen atoms in total. The highest BCUT2D eigenvalue weighted by atomic mass is 35.5. The van der Waals surface area contributed by atoms with Gasteiger partial charge in [-0.3, -0.25) is 0 Å². The molecule has 0 amide bonds. The summed E-state index contributed by atoms with van der Waals surface area (Å²) in [7, 11) is -3.45. The molecular formula is C20H19ClF3NO3S. The van der Waals surface area contributed by atoms with E-state index in [1.807, 2.05) is 12.1 Å². The van der Waals surface area contributed by atoms with Crippen LogP contribution in [0.2, 0.25) is 5.02 Å². The zero-order valence-corrected chi connectivity index (χ0v) is 17.0. The number of hydrogen-bond acceptors (Lipinski definition) is 3. The van der Waals surface area contributed by atoms with E-state index >= 15 is 0 Å². The third-order valence-corrected chi connectivity index (χ3v) is 5.91. The van der Waals surface area contributed by atoms with Gasteiger partial charge in [-0.05, 0) is 47.9 Å². The van der Waals surface area contributed by atoms with Crippen molar-refractivity contribution in [2.75, 3.05) is 6.26 Å². The van der Waals surface area contributed by atoms with Crippen molar-refractivity contribution in [1.82, 2.24) is 4.57 Å². The maximum Gasteiger partial charge on any atom is 0.391 e. The molecule has 0 spiro atoms. The monoisotopic (exact) mass is 445 g/mol. The Bertz CT molecular complexity index is 1120. The van der Waals surface area contributed by atoms with E-state index in [1.54, 1.807) is 24.4 Å². The SMILES string of the molecule is CS(=O)(=O)c1ccc2c(c1)c(Cc1ccc(Cl)cc1)cn2CC(O)CC(F)(F)F. The molecule has 0 saturated carbocycles. The normalized spacial score (nSPS) is 13.7. The number of halogens is 4. The van der Waals surface area contributed by atoms with Crippen LogP contribution >= 0.6 is 11.6 Å². The predicted octanol–water partition coefficient (Wildman–Crippen LogP) is 4.60. The maximum atomic E-state index is 12.6. The minimum atomic E-state index is -4.47. The van der Waals surface area contributed by atoms with Crippen LogP contribution in [-0.4, -0.2) is 36.6 Å². The number of sulfone groups is 1. The second-order valence-corrected chi connectivity index (χ2v) is 9.49. The minimum absolute atomic E-state index is 0.121. The second-order valence-electron chi connectivity index (χ2n) is 7.03. The standard InChI is InChI=1S/C20H19ClF3NO3S/c1-29(27,28)17-6-7-19-18(9-17)14(8-13-2-4-15(21)5-3-13)11-25(19)12-16(26)10-20(22,23)24/h2-7,9,11,16,26H,8,10,12H2,1H3. The smallest absolute Gasteiger partial charge is 0.391 e. The van der Waals surface area contributed by atoms with Crippen molar-refractivity contribution in [3.05, 3.63) is 64.8 Å². The maximum absolute atomic E-state index is 12.6. The second kappa shape index (κ2) is 8.01. The number of aliphatic hydroxyl groups is 1. The summed E-state index contributed by atoms with van der Waals surface area (Å²) in [4.78, 5) is 0.121. The van der Waals surface area contributed by atoms with Gasteiger partial charge in [-0.2, -0.15) is 13.2 Å². The minimum Gasteiger partial charge on any atom is -0.391 e. The third-order valence-electron chi connectivity index (χ3n) is 4.55. The number of hydrogen-bond donors (Lipinski definition) is 1. The van der Waals surface area contributed by atoms with E-state index in [1.165, 1.54) is 16.7 Å². The summed E-state index contributed by atoms with van der Waals surface area (Å²) >= 11 is 5.90. The molecule has 2 aromatic carbocycles. The highest BCUT2D eigenvalue weighted by Gasteiger charge is 2.31. The first-order valence-electron chi connectivity index (χ1n) is 8.73. The molecule has 0 aliphatic rings. The number of aliphatic hydroxyl groups excluding tert-OH is 1. The summed E-state index contributed by atoms with van der Waals surface area (Å²) < 4.78 is 63.2. The fraction of sp³-hybridized carbons (Fsp3) is 0.300. The number of aromatic nitrogens is 1. The van der Waals surface area contributed by atoms with Gasteiger partial charge in [0.25, 0.3) is 0 Å². The molecule has 1 unspecified atom stereocenters. The number of nitrogens with zero attached hydrogens (tertiary/aromatic N) is 1. The van der Waals surface area contributed by atoms with Crippen molar-refractivity contribution < 1.29 is 26.7 Å². The van der Waals surface area contributed by atoms with Crippen molar-refractivity contribution in [3.8, 4) is 0 Å². The van der Waals surface area contributed by atoms with E-state index < -0.39 is 28.5 Å². The van der Waals surface area contributed by atoms with Crippen LogP contribution in [0.3, 0.4) is 0 Å². The first kappa shape index (κ1) is 21.7. The van der Waals surface area contributed by atoms with Gasteiger partial charge in [0, 0.05) is 34.9 Å². The lowest BCUT2D eigenvalue weighted by molar-refractivity contribution is -0.154. The van der Waals surface area contributed by atoms with Gasteiger partial charge in [-0.1, -0.05) is 23.7 Å². The van der Waals surface area contributed by atoms with Gasteiger partial charge in [0.1, 0.15) is 0 Å². The largest absolute Gasteiger partial charge is 0.391 e. The Hall–Kier alpha value is -2.03. The Morgan fingerprint density at radius 3 is 2.38 bits per heavy atom. The lowest BCUT2D eigenvalue weighted by Gasteiger charge is -2.14. The summed E-state index contributed by atoms with van der Waals surface area (Å²) in [6.45, 7) is -0.255. The quantitative estimate of drug-likeness (QED) is 0.603. The Morgan fingerprint density at radius 1 is 1.14 bits per heavy atom. The van der Waals surface area contributed by atoms with E-state index in [2.05, 4.69) is 0 Å². The van der Waals surface area contributed by atoms with Crippen molar-refractivity contribution in [3.63, 3.8) is 0 Å². The average molecular weight is 446 g/mol. The number of fused-ring (bicyclic) bond motifs is 1. The average Bonchev–Trinajstić information content (AvgIpc) is 2.91. The van der Waals surface area contributed by atoms with E-state index in [0.717, 1.165) is 17.4 Å². The molecule has 0 fully saturated rings. The van der Waals surface area contributed by atoms with Crippen LogP contribution < -0.4 is 0 Å². The van der Waals surface area contributed by atoms with E-state index in [4.69, 9.17) is 11.6 Å². The molecule has 1 aromatic heterocycles. The summed E-state index contributed by atoms with van der Waals surface area (Å²) in [5, 5.41) is 11.0. The third kappa shape index (κ3) is 5.52. The molecule has 3 rings (SSSR count). The van der Waals surface area contributed by atoms with Gasteiger partial charge in [0.2, 0.25) is 0 Å². The lowest BCUT2D eigenvalue weighted by atomic mass is 10.0. The summed E-state index contributed by atoms with van der Waals surface area (Å²) in [5.41, 5.74) is 2.21. The van der Waals surface area contributed by atoms with Crippen molar-refractivity contribution in [2.45, 2.75) is 36.6 Å². The highest BCUT2D eigenvalue weighted by Crippen LogP contribution is 2.29. The van der Waals surface area contributed by atoms with Gasteiger partial charge in [-0.15, -0.1) is 0 Å². The van der Waals surface area contributed by atoms with Crippen LogP contribution in [0.4, 0.5) is 13.2 Å². The number of rotatable bonds is 6. The van der Waals surface area contributed by atoms with Crippen molar-refractivity contribution >= 4 is 32.3 Å². The van der Waals surface area contributed by atoms with Gasteiger partial charge >= 0.3 is 6.18 Å². The first-order chi connectivity index (χ1) is 13.4. The molecule has 0 bridgehead atoms. The van der Waals surface area contributed by atoms with Crippen LogP contribution in [0.25, 0.3) is 10.9 Å². The number of alkyl halides is 3. The molecule has 0 saturated heterocycles. The molecule has 156 valence electrons. The molecule has 9 heteroatoms. The highest BCUT2D eigenvalue weighted by molar-refractivity contribution is 7.90. The van der Waals surface area contributed by atoms with E-state index in [9.17, 15) is 26.7 Å².